The van der Waals surface area contributed by atoms with Gasteiger partial charge in [0, 0.05) is 12.1 Å². The predicted molar refractivity (Wildman–Crippen MR) is 70.7 cm³/mol. The van der Waals surface area contributed by atoms with Gasteiger partial charge in [-0.05, 0) is 24.6 Å². The van der Waals surface area contributed by atoms with Crippen molar-refractivity contribution in [1.29, 1.82) is 0 Å². The van der Waals surface area contributed by atoms with Crippen molar-refractivity contribution in [2.75, 3.05) is 5.43 Å². The van der Waals surface area contributed by atoms with Crippen LogP contribution < -0.4 is 5.43 Å². The molecule has 0 radical (unpaired) electrons. The number of alkyl halides is 3. The molecule has 0 saturated heterocycles. The van der Waals surface area contributed by atoms with E-state index in [1.165, 1.54) is 24.3 Å². The molecule has 22 heavy (non-hydrogen) atoms. The summed E-state index contributed by atoms with van der Waals surface area (Å²) in [6, 6.07) is 5.58. The molecule has 1 atom stereocenters. The lowest BCUT2D eigenvalue weighted by Gasteiger charge is -2.24. The molecule has 0 bridgehead atoms. The maximum atomic E-state index is 12.8. The average Bonchev–Trinajstić information content (AvgIpc) is 2.94. The molecule has 0 unspecified atom stereocenters. The third kappa shape index (κ3) is 2.26. The number of thioether (sulfide) groups is 1. The van der Waals surface area contributed by atoms with E-state index in [9.17, 15) is 23.3 Å². The zero-order valence-corrected chi connectivity index (χ0v) is 11.8. The SMILES string of the molecule is C[C@@]1(c2ccc([N+](=O)[O-])cc2)Nn2c(nnc2C(F)(F)F)S1. The van der Waals surface area contributed by atoms with Crippen molar-refractivity contribution in [2.45, 2.75) is 23.1 Å². The third-order valence-electron chi connectivity index (χ3n) is 3.14. The number of halogens is 3. The molecule has 116 valence electrons. The van der Waals surface area contributed by atoms with Crippen LogP contribution in [0.25, 0.3) is 0 Å². The highest BCUT2D eigenvalue weighted by Crippen LogP contribution is 2.45. The van der Waals surface area contributed by atoms with Gasteiger partial charge in [-0.15, -0.1) is 10.2 Å². The fraction of sp³-hybridized carbons (Fsp3) is 0.273. The quantitative estimate of drug-likeness (QED) is 0.673. The minimum Gasteiger partial charge on any atom is -0.301 e. The minimum atomic E-state index is -4.63. The van der Waals surface area contributed by atoms with E-state index in [0.717, 1.165) is 16.4 Å². The number of nitrogens with one attached hydrogen (secondary N) is 1. The molecule has 1 aliphatic heterocycles. The summed E-state index contributed by atoms with van der Waals surface area (Å²) in [5, 5.41) is 17.4. The van der Waals surface area contributed by atoms with E-state index in [1.807, 2.05) is 0 Å². The molecule has 11 heteroatoms. The van der Waals surface area contributed by atoms with Crippen LogP contribution in [0.5, 0.6) is 0 Å². The molecule has 1 aromatic carbocycles. The smallest absolute Gasteiger partial charge is 0.301 e. The van der Waals surface area contributed by atoms with E-state index >= 15 is 0 Å². The lowest BCUT2D eigenvalue weighted by Crippen LogP contribution is -2.32. The summed E-state index contributed by atoms with van der Waals surface area (Å²) in [6.07, 6.45) is -4.63. The van der Waals surface area contributed by atoms with E-state index in [1.54, 1.807) is 6.92 Å². The molecule has 7 nitrogen and oxygen atoms in total. The van der Waals surface area contributed by atoms with Crippen molar-refractivity contribution < 1.29 is 18.1 Å². The lowest BCUT2D eigenvalue weighted by atomic mass is 10.1. The van der Waals surface area contributed by atoms with Crippen molar-refractivity contribution in [2.24, 2.45) is 0 Å². The third-order valence-corrected chi connectivity index (χ3v) is 4.32. The molecule has 2 heterocycles. The molecule has 2 aromatic rings. The van der Waals surface area contributed by atoms with Crippen LogP contribution in [0.2, 0.25) is 0 Å². The van der Waals surface area contributed by atoms with Gasteiger partial charge in [0.15, 0.2) is 0 Å². The normalized spacial score (nSPS) is 20.5. The molecule has 0 aliphatic carbocycles. The highest BCUT2D eigenvalue weighted by atomic mass is 32.2. The summed E-state index contributed by atoms with van der Waals surface area (Å²) >= 11 is 1.05. The Kier molecular flexibility index (Phi) is 3.06. The van der Waals surface area contributed by atoms with Crippen LogP contribution in [0.1, 0.15) is 18.3 Å². The van der Waals surface area contributed by atoms with Crippen LogP contribution in [-0.2, 0) is 11.0 Å². The van der Waals surface area contributed by atoms with Crippen LogP contribution in [0.15, 0.2) is 29.4 Å². The number of benzene rings is 1. The maximum absolute atomic E-state index is 12.8. The zero-order valence-electron chi connectivity index (χ0n) is 11.0. The Balaban J connectivity index is 1.93. The molecule has 0 spiro atoms. The summed E-state index contributed by atoms with van der Waals surface area (Å²) in [5.41, 5.74) is 3.19. The number of hydrogen-bond donors (Lipinski definition) is 1. The van der Waals surface area contributed by atoms with Crippen molar-refractivity contribution in [1.82, 2.24) is 14.9 Å². The van der Waals surface area contributed by atoms with Crippen molar-refractivity contribution in [3.63, 3.8) is 0 Å². The number of nitro benzene ring substituents is 1. The number of nitro groups is 1. The van der Waals surface area contributed by atoms with Gasteiger partial charge in [-0.1, -0.05) is 11.8 Å². The van der Waals surface area contributed by atoms with Gasteiger partial charge in [-0.3, -0.25) is 10.1 Å². The summed E-state index contributed by atoms with van der Waals surface area (Å²) in [5.74, 6) is -1.14. The monoisotopic (exact) mass is 331 g/mol. The highest BCUT2D eigenvalue weighted by molar-refractivity contribution is 8.00. The summed E-state index contributed by atoms with van der Waals surface area (Å²) in [7, 11) is 0. The lowest BCUT2D eigenvalue weighted by molar-refractivity contribution is -0.384. The Morgan fingerprint density at radius 2 is 1.95 bits per heavy atom. The molecule has 1 aromatic heterocycles. The Bertz CT molecular complexity index is 745. The molecule has 0 amide bonds. The first-order valence-electron chi connectivity index (χ1n) is 5.95. The first-order valence-corrected chi connectivity index (χ1v) is 6.77. The Morgan fingerprint density at radius 1 is 1.32 bits per heavy atom. The standard InChI is InChI=1S/C11H8F3N5O2S/c1-10(6-2-4-7(5-3-6)19(20)21)17-18-8(11(12,13)14)15-16-9(18)22-10/h2-5,17H,1H3/t10-/m1/s1. The highest BCUT2D eigenvalue weighted by Gasteiger charge is 2.45. The Labute approximate surface area is 125 Å². The van der Waals surface area contributed by atoms with Gasteiger partial charge < -0.3 is 5.43 Å². The summed E-state index contributed by atoms with van der Waals surface area (Å²) in [6.45, 7) is 1.66. The van der Waals surface area contributed by atoms with Crippen LogP contribution in [0, 0.1) is 10.1 Å². The van der Waals surface area contributed by atoms with Gasteiger partial charge in [0.2, 0.25) is 5.16 Å². The topological polar surface area (TPSA) is 85.9 Å². The number of rotatable bonds is 2. The number of fused-ring (bicyclic) bond motifs is 1. The van der Waals surface area contributed by atoms with Crippen LogP contribution in [0.4, 0.5) is 18.9 Å². The molecule has 1 aliphatic rings. The Hall–Kier alpha value is -2.30. The summed E-state index contributed by atoms with van der Waals surface area (Å²) < 4.78 is 39.3. The van der Waals surface area contributed by atoms with Crippen LogP contribution in [0.3, 0.4) is 0 Å². The van der Waals surface area contributed by atoms with E-state index in [4.69, 9.17) is 0 Å². The van der Waals surface area contributed by atoms with Crippen LogP contribution in [-0.4, -0.2) is 19.8 Å². The fourth-order valence-electron chi connectivity index (χ4n) is 2.06. The second-order valence-corrected chi connectivity index (χ2v) is 6.08. The van der Waals surface area contributed by atoms with Gasteiger partial charge >= 0.3 is 6.18 Å². The largest absolute Gasteiger partial charge is 0.453 e. The number of nitrogens with zero attached hydrogens (tertiary/aromatic N) is 4. The van der Waals surface area contributed by atoms with Crippen molar-refractivity contribution in [3.05, 3.63) is 45.8 Å². The fourth-order valence-corrected chi connectivity index (χ4v) is 3.12. The number of hydrogen-bond acceptors (Lipinski definition) is 6. The Morgan fingerprint density at radius 3 is 2.50 bits per heavy atom. The zero-order chi connectivity index (χ0) is 16.1. The van der Waals surface area contributed by atoms with E-state index in [2.05, 4.69) is 15.6 Å². The first-order chi connectivity index (χ1) is 10.2. The molecular formula is C11H8F3N5O2S. The van der Waals surface area contributed by atoms with Gasteiger partial charge in [0.25, 0.3) is 11.5 Å². The number of non-ortho nitro benzene ring substituents is 1. The average molecular weight is 331 g/mol. The minimum absolute atomic E-state index is 0.0770. The van der Waals surface area contributed by atoms with E-state index < -0.39 is 21.8 Å². The van der Waals surface area contributed by atoms with Gasteiger partial charge in [-0.25, -0.2) is 4.68 Å². The van der Waals surface area contributed by atoms with Gasteiger partial charge in [-0.2, -0.15) is 13.2 Å². The molecule has 3 rings (SSSR count). The molecule has 0 saturated carbocycles. The summed E-state index contributed by atoms with van der Waals surface area (Å²) in [4.78, 5) is 9.17. The second kappa shape index (κ2) is 4.60. The van der Waals surface area contributed by atoms with E-state index in [-0.39, 0.29) is 10.8 Å². The first kappa shape index (κ1) is 14.6. The van der Waals surface area contributed by atoms with Crippen molar-refractivity contribution in [3.8, 4) is 0 Å². The second-order valence-electron chi connectivity index (χ2n) is 4.69. The predicted octanol–water partition coefficient (Wildman–Crippen LogP) is 2.73. The number of aromatic nitrogens is 3. The molecular weight excluding hydrogens is 323 g/mol. The molecule has 1 N–H and O–H groups in total. The van der Waals surface area contributed by atoms with Crippen molar-refractivity contribution >= 4 is 17.4 Å². The van der Waals surface area contributed by atoms with Gasteiger partial charge in [0.1, 0.15) is 4.87 Å². The van der Waals surface area contributed by atoms with E-state index in [0.29, 0.717) is 5.56 Å². The van der Waals surface area contributed by atoms with Gasteiger partial charge in [0.05, 0.1) is 4.92 Å². The van der Waals surface area contributed by atoms with Crippen LogP contribution >= 0.6 is 11.8 Å². The maximum Gasteiger partial charge on any atom is 0.453 e. The molecule has 0 fully saturated rings.